The number of carboxylic acids is 1. The van der Waals surface area contributed by atoms with Gasteiger partial charge in [0.25, 0.3) is 0 Å². The van der Waals surface area contributed by atoms with Crippen LogP contribution in [0.15, 0.2) is 42.5 Å². The van der Waals surface area contributed by atoms with Gasteiger partial charge in [-0.25, -0.2) is 0 Å². The van der Waals surface area contributed by atoms with Gasteiger partial charge in [-0.3, -0.25) is 0 Å². The quantitative estimate of drug-likeness (QED) is 0.831. The molecule has 4 heteroatoms. The first-order valence-corrected chi connectivity index (χ1v) is 5.92. The van der Waals surface area contributed by atoms with E-state index in [1.807, 2.05) is 36.4 Å². The Balaban J connectivity index is 2.04. The van der Waals surface area contributed by atoms with Crippen molar-refractivity contribution in [2.75, 3.05) is 6.79 Å². The van der Waals surface area contributed by atoms with Gasteiger partial charge in [0.05, 0.1) is 0 Å². The van der Waals surface area contributed by atoms with Crippen molar-refractivity contribution in [3.8, 4) is 22.6 Å². The third kappa shape index (κ3) is 2.25. The van der Waals surface area contributed by atoms with Crippen LogP contribution in [0, 0.1) is 0 Å². The minimum Gasteiger partial charge on any atom is -0.550 e. The van der Waals surface area contributed by atoms with Crippen LogP contribution in [0.2, 0.25) is 0 Å². The maximum absolute atomic E-state index is 10.8. The highest BCUT2D eigenvalue weighted by molar-refractivity contribution is 5.76. The average Bonchev–Trinajstić information content (AvgIpc) is 2.86. The molecule has 0 aromatic heterocycles. The minimum absolute atomic E-state index is 0.107. The molecular weight excluding hydrogens is 244 g/mol. The van der Waals surface area contributed by atoms with Crippen LogP contribution in [0.3, 0.4) is 0 Å². The van der Waals surface area contributed by atoms with E-state index in [1.54, 1.807) is 6.07 Å². The van der Waals surface area contributed by atoms with Gasteiger partial charge >= 0.3 is 0 Å². The van der Waals surface area contributed by atoms with Crippen molar-refractivity contribution in [2.45, 2.75) is 6.42 Å². The highest BCUT2D eigenvalue weighted by Crippen LogP contribution is 2.36. The normalized spacial score (nSPS) is 12.4. The predicted octanol–water partition coefficient (Wildman–Crippen LogP) is 1.37. The number of benzene rings is 2. The molecule has 0 N–H and O–H groups in total. The molecule has 0 saturated heterocycles. The van der Waals surface area contributed by atoms with E-state index in [0.29, 0.717) is 11.5 Å². The topological polar surface area (TPSA) is 58.6 Å². The Morgan fingerprint density at radius 1 is 1.11 bits per heavy atom. The van der Waals surface area contributed by atoms with Gasteiger partial charge in [0.2, 0.25) is 6.79 Å². The van der Waals surface area contributed by atoms with E-state index >= 15 is 0 Å². The van der Waals surface area contributed by atoms with Crippen LogP contribution in [0.5, 0.6) is 11.5 Å². The summed E-state index contributed by atoms with van der Waals surface area (Å²) >= 11 is 0. The number of ether oxygens (including phenoxy) is 2. The Hall–Kier alpha value is -2.49. The summed E-state index contributed by atoms with van der Waals surface area (Å²) in [6.07, 6.45) is -0.107. The third-order valence-corrected chi connectivity index (χ3v) is 3.04. The Bertz CT molecular complexity index is 634. The summed E-state index contributed by atoms with van der Waals surface area (Å²) in [7, 11) is 0. The van der Waals surface area contributed by atoms with E-state index in [4.69, 9.17) is 9.47 Å². The molecule has 0 radical (unpaired) electrons. The van der Waals surface area contributed by atoms with Crippen LogP contribution in [-0.2, 0) is 11.2 Å². The molecule has 1 heterocycles. The van der Waals surface area contributed by atoms with Crippen LogP contribution >= 0.6 is 0 Å². The number of hydrogen-bond donors (Lipinski definition) is 0. The van der Waals surface area contributed by atoms with Crippen LogP contribution in [0.4, 0.5) is 0 Å². The molecule has 0 spiro atoms. The summed E-state index contributed by atoms with van der Waals surface area (Å²) < 4.78 is 10.6. The monoisotopic (exact) mass is 255 g/mol. The molecule has 0 unspecified atom stereocenters. The molecular formula is C15H11O4-. The molecule has 19 heavy (non-hydrogen) atoms. The van der Waals surface area contributed by atoms with Crippen molar-refractivity contribution in [1.29, 1.82) is 0 Å². The first-order chi connectivity index (χ1) is 9.24. The lowest BCUT2D eigenvalue weighted by Crippen LogP contribution is -2.24. The van der Waals surface area contributed by atoms with E-state index in [-0.39, 0.29) is 13.2 Å². The van der Waals surface area contributed by atoms with Crippen molar-refractivity contribution in [2.24, 2.45) is 0 Å². The third-order valence-electron chi connectivity index (χ3n) is 3.04. The lowest BCUT2D eigenvalue weighted by molar-refractivity contribution is -0.304. The number of aliphatic carboxylic acids is 1. The van der Waals surface area contributed by atoms with E-state index in [0.717, 1.165) is 16.7 Å². The SMILES string of the molecule is O=C([O-])Cc1ccccc1-c1ccc2c(c1)OCO2. The Labute approximate surface area is 110 Å². The molecule has 4 nitrogen and oxygen atoms in total. The van der Waals surface area contributed by atoms with Crippen molar-refractivity contribution in [1.82, 2.24) is 0 Å². The average molecular weight is 255 g/mol. The molecule has 0 bridgehead atoms. The number of rotatable bonds is 3. The summed E-state index contributed by atoms with van der Waals surface area (Å²) in [4.78, 5) is 10.8. The Morgan fingerprint density at radius 3 is 2.74 bits per heavy atom. The van der Waals surface area contributed by atoms with Crippen LogP contribution < -0.4 is 14.6 Å². The zero-order valence-corrected chi connectivity index (χ0v) is 10.1. The lowest BCUT2D eigenvalue weighted by atomic mass is 9.97. The summed E-state index contributed by atoms with van der Waals surface area (Å²) in [5.74, 6) is 0.301. The fraction of sp³-hybridized carbons (Fsp3) is 0.133. The zero-order chi connectivity index (χ0) is 13.2. The Kier molecular flexibility index (Phi) is 2.83. The minimum atomic E-state index is -1.09. The van der Waals surface area contributed by atoms with Gasteiger partial charge in [0, 0.05) is 12.4 Å². The van der Waals surface area contributed by atoms with Crippen molar-refractivity contribution in [3.63, 3.8) is 0 Å². The highest BCUT2D eigenvalue weighted by atomic mass is 16.7. The van der Waals surface area contributed by atoms with E-state index in [1.165, 1.54) is 0 Å². The van der Waals surface area contributed by atoms with Gasteiger partial charge < -0.3 is 19.4 Å². The second-order valence-electron chi connectivity index (χ2n) is 4.27. The molecule has 1 aliphatic rings. The molecule has 0 aliphatic carbocycles. The number of carbonyl (C=O) groups excluding carboxylic acids is 1. The predicted molar refractivity (Wildman–Crippen MR) is 66.7 cm³/mol. The summed E-state index contributed by atoms with van der Waals surface area (Å²) in [6.45, 7) is 0.222. The summed E-state index contributed by atoms with van der Waals surface area (Å²) in [5.41, 5.74) is 2.49. The lowest BCUT2D eigenvalue weighted by Gasteiger charge is -2.10. The summed E-state index contributed by atoms with van der Waals surface area (Å²) in [6, 6.07) is 12.9. The number of carboxylic acid groups (broad SMARTS) is 1. The molecule has 2 aromatic carbocycles. The van der Waals surface area contributed by atoms with Crippen molar-refractivity contribution in [3.05, 3.63) is 48.0 Å². The number of fused-ring (bicyclic) bond motifs is 1. The molecule has 0 fully saturated rings. The van der Waals surface area contributed by atoms with E-state index in [2.05, 4.69) is 0 Å². The smallest absolute Gasteiger partial charge is 0.231 e. The van der Waals surface area contributed by atoms with Gasteiger partial charge in [-0.05, 0) is 28.8 Å². The molecule has 1 aliphatic heterocycles. The van der Waals surface area contributed by atoms with Crippen LogP contribution in [0.25, 0.3) is 11.1 Å². The molecule has 0 amide bonds. The first kappa shape index (κ1) is 11.6. The standard InChI is InChI=1S/C15H12O4/c16-15(17)8-10-3-1-2-4-12(10)11-5-6-13-14(7-11)19-9-18-13/h1-7H,8-9H2,(H,16,17)/p-1. The van der Waals surface area contributed by atoms with Gasteiger partial charge in [-0.1, -0.05) is 30.3 Å². The Morgan fingerprint density at radius 2 is 1.89 bits per heavy atom. The largest absolute Gasteiger partial charge is 0.550 e. The van der Waals surface area contributed by atoms with Crippen molar-refractivity contribution >= 4 is 5.97 Å². The maximum Gasteiger partial charge on any atom is 0.231 e. The summed E-state index contributed by atoms with van der Waals surface area (Å²) in [5, 5.41) is 10.8. The maximum atomic E-state index is 10.8. The van der Waals surface area contributed by atoms with E-state index < -0.39 is 5.97 Å². The van der Waals surface area contributed by atoms with Crippen molar-refractivity contribution < 1.29 is 19.4 Å². The van der Waals surface area contributed by atoms with Crippen LogP contribution in [-0.4, -0.2) is 12.8 Å². The second kappa shape index (κ2) is 4.65. The molecule has 2 aromatic rings. The second-order valence-corrected chi connectivity index (χ2v) is 4.27. The molecule has 0 saturated carbocycles. The van der Waals surface area contributed by atoms with E-state index in [9.17, 15) is 9.90 Å². The first-order valence-electron chi connectivity index (χ1n) is 5.92. The van der Waals surface area contributed by atoms with Gasteiger partial charge in [0.1, 0.15) is 0 Å². The molecule has 3 rings (SSSR count). The zero-order valence-electron chi connectivity index (χ0n) is 10.1. The van der Waals surface area contributed by atoms with Gasteiger partial charge in [-0.15, -0.1) is 0 Å². The molecule has 96 valence electrons. The fourth-order valence-corrected chi connectivity index (χ4v) is 2.18. The molecule has 0 atom stereocenters. The number of carbonyl (C=O) groups is 1. The highest BCUT2D eigenvalue weighted by Gasteiger charge is 2.14. The van der Waals surface area contributed by atoms with Gasteiger partial charge in [-0.2, -0.15) is 0 Å². The van der Waals surface area contributed by atoms with Gasteiger partial charge in [0.15, 0.2) is 11.5 Å². The fourth-order valence-electron chi connectivity index (χ4n) is 2.18. The number of hydrogen-bond acceptors (Lipinski definition) is 4. The van der Waals surface area contributed by atoms with Crippen LogP contribution in [0.1, 0.15) is 5.56 Å².